The van der Waals surface area contributed by atoms with Gasteiger partial charge in [0.15, 0.2) is 0 Å². The predicted molar refractivity (Wildman–Crippen MR) is 66.5 cm³/mol. The van der Waals surface area contributed by atoms with Crippen LogP contribution in [0.1, 0.15) is 36.9 Å². The van der Waals surface area contributed by atoms with Gasteiger partial charge in [0, 0.05) is 5.56 Å². The molecule has 1 rings (SSSR count). The van der Waals surface area contributed by atoms with Crippen molar-refractivity contribution in [2.24, 2.45) is 5.73 Å². The van der Waals surface area contributed by atoms with Gasteiger partial charge in [0.25, 0.3) is 0 Å². The van der Waals surface area contributed by atoms with E-state index in [1.807, 2.05) is 0 Å². The van der Waals surface area contributed by atoms with Gasteiger partial charge in [0.2, 0.25) is 0 Å². The van der Waals surface area contributed by atoms with Gasteiger partial charge in [0.05, 0.1) is 17.7 Å². The minimum atomic E-state index is -4.77. The van der Waals surface area contributed by atoms with E-state index < -0.39 is 29.7 Å². The Hall–Kier alpha value is -0.850. The van der Waals surface area contributed by atoms with E-state index in [0.717, 1.165) is 12.1 Å². The number of halogens is 5. The average molecular weight is 302 g/mol. The van der Waals surface area contributed by atoms with Gasteiger partial charge < -0.3 is 10.8 Å². The summed E-state index contributed by atoms with van der Waals surface area (Å²) in [5.74, 6) is -1.41. The van der Waals surface area contributed by atoms with Gasteiger partial charge in [-0.1, -0.05) is 25.5 Å². The van der Waals surface area contributed by atoms with Gasteiger partial charge >= 0.3 is 6.18 Å². The molecular weight excluding hydrogens is 286 g/mol. The fourth-order valence-corrected chi connectivity index (χ4v) is 1.71. The van der Waals surface area contributed by atoms with E-state index in [1.54, 1.807) is 6.92 Å². The highest BCUT2D eigenvalue weighted by molar-refractivity contribution is 5.85. The minimum Gasteiger partial charge on any atom is -0.391 e. The highest BCUT2D eigenvalue weighted by atomic mass is 35.5. The van der Waals surface area contributed by atoms with Crippen molar-refractivity contribution in [1.29, 1.82) is 0 Å². The van der Waals surface area contributed by atoms with E-state index in [1.165, 1.54) is 0 Å². The van der Waals surface area contributed by atoms with Gasteiger partial charge in [-0.2, -0.15) is 13.2 Å². The van der Waals surface area contributed by atoms with E-state index in [-0.39, 0.29) is 18.0 Å². The quantitative estimate of drug-likeness (QED) is 0.837. The summed E-state index contributed by atoms with van der Waals surface area (Å²) in [6.07, 6.45) is -4.92. The largest absolute Gasteiger partial charge is 0.419 e. The average Bonchev–Trinajstić information content (AvgIpc) is 2.27. The predicted octanol–water partition coefficient (Wildman–Crippen LogP) is 3.43. The van der Waals surface area contributed by atoms with Gasteiger partial charge in [-0.3, -0.25) is 0 Å². The van der Waals surface area contributed by atoms with Crippen molar-refractivity contribution in [1.82, 2.24) is 0 Å². The van der Waals surface area contributed by atoms with E-state index in [9.17, 15) is 22.7 Å². The molecular formula is C12H16ClF4NO. The van der Waals surface area contributed by atoms with Crippen LogP contribution in [0.5, 0.6) is 0 Å². The van der Waals surface area contributed by atoms with Crippen molar-refractivity contribution < 1.29 is 22.7 Å². The molecule has 0 bridgehead atoms. The van der Waals surface area contributed by atoms with Gasteiger partial charge in [-0.05, 0) is 12.5 Å². The molecule has 0 saturated carbocycles. The van der Waals surface area contributed by atoms with Crippen LogP contribution in [-0.4, -0.2) is 11.2 Å². The molecule has 0 unspecified atom stereocenters. The molecule has 2 nitrogen and oxygen atoms in total. The smallest absolute Gasteiger partial charge is 0.391 e. The molecule has 0 aliphatic carbocycles. The number of aliphatic hydroxyl groups excluding tert-OH is 1. The van der Waals surface area contributed by atoms with Crippen molar-refractivity contribution in [2.45, 2.75) is 38.1 Å². The van der Waals surface area contributed by atoms with Crippen LogP contribution < -0.4 is 5.73 Å². The second kappa shape index (κ2) is 7.07. The van der Waals surface area contributed by atoms with Gasteiger partial charge in [-0.15, -0.1) is 12.4 Å². The molecule has 110 valence electrons. The van der Waals surface area contributed by atoms with Crippen LogP contribution in [0.25, 0.3) is 0 Å². The van der Waals surface area contributed by atoms with Crippen molar-refractivity contribution in [3.8, 4) is 0 Å². The first-order valence-electron chi connectivity index (χ1n) is 5.58. The number of aliphatic hydroxyl groups is 1. The monoisotopic (exact) mass is 301 g/mol. The Morgan fingerprint density at radius 3 is 2.37 bits per heavy atom. The number of benzene rings is 1. The zero-order valence-electron chi connectivity index (χ0n) is 10.2. The molecule has 0 radical (unpaired) electrons. The lowest BCUT2D eigenvalue weighted by Crippen LogP contribution is -2.27. The normalized spacial score (nSPS) is 14.7. The summed E-state index contributed by atoms with van der Waals surface area (Å²) >= 11 is 0. The zero-order valence-corrected chi connectivity index (χ0v) is 11.1. The second-order valence-electron chi connectivity index (χ2n) is 4.09. The highest BCUT2D eigenvalue weighted by Gasteiger charge is 2.36. The Bertz CT molecular complexity index is 411. The Morgan fingerprint density at radius 1 is 1.32 bits per heavy atom. The van der Waals surface area contributed by atoms with Crippen LogP contribution in [0, 0.1) is 5.82 Å². The molecule has 0 spiro atoms. The van der Waals surface area contributed by atoms with Crippen LogP contribution in [0.2, 0.25) is 0 Å². The lowest BCUT2D eigenvalue weighted by Gasteiger charge is -2.20. The molecule has 1 aromatic carbocycles. The third-order valence-corrected chi connectivity index (χ3v) is 2.69. The van der Waals surface area contributed by atoms with Crippen LogP contribution in [0.15, 0.2) is 18.2 Å². The van der Waals surface area contributed by atoms with E-state index in [2.05, 4.69) is 0 Å². The number of alkyl halides is 3. The molecule has 0 aromatic heterocycles. The summed E-state index contributed by atoms with van der Waals surface area (Å²) < 4.78 is 51.2. The summed E-state index contributed by atoms with van der Waals surface area (Å²) in [4.78, 5) is 0. The van der Waals surface area contributed by atoms with Crippen molar-refractivity contribution >= 4 is 12.4 Å². The van der Waals surface area contributed by atoms with E-state index >= 15 is 0 Å². The number of rotatable bonds is 4. The topological polar surface area (TPSA) is 46.2 Å². The highest BCUT2D eigenvalue weighted by Crippen LogP contribution is 2.34. The fraction of sp³-hybridized carbons (Fsp3) is 0.500. The third-order valence-electron chi connectivity index (χ3n) is 2.69. The number of hydrogen-bond donors (Lipinski definition) is 2. The fourth-order valence-electron chi connectivity index (χ4n) is 1.71. The van der Waals surface area contributed by atoms with Gasteiger partial charge in [-0.25, -0.2) is 4.39 Å². The Labute approximate surface area is 115 Å². The Morgan fingerprint density at radius 2 is 1.89 bits per heavy atom. The number of hydrogen-bond acceptors (Lipinski definition) is 2. The SMILES string of the molecule is CCC[C@@H](O)[C@@H](N)c1cccc(C(F)(F)F)c1F.Cl. The maximum atomic E-state index is 13.7. The van der Waals surface area contributed by atoms with Crippen LogP contribution >= 0.6 is 12.4 Å². The van der Waals surface area contributed by atoms with Crippen molar-refractivity contribution in [2.75, 3.05) is 0 Å². The molecule has 0 aliphatic rings. The molecule has 1 aromatic rings. The standard InChI is InChI=1S/C12H15F4NO.ClH/c1-2-4-9(18)11(17)7-5-3-6-8(10(7)13)12(14,15)16;/h3,5-6,9,11,18H,2,4,17H2,1H3;1H/t9-,11+;/m1./s1. The summed E-state index contributed by atoms with van der Waals surface area (Å²) in [7, 11) is 0. The second-order valence-corrected chi connectivity index (χ2v) is 4.09. The molecule has 3 N–H and O–H groups in total. The van der Waals surface area contributed by atoms with Gasteiger partial charge in [0.1, 0.15) is 5.82 Å². The molecule has 0 aliphatic heterocycles. The van der Waals surface area contributed by atoms with Crippen molar-refractivity contribution in [3.05, 3.63) is 35.1 Å². The molecule has 2 atom stereocenters. The zero-order chi connectivity index (χ0) is 13.9. The van der Waals surface area contributed by atoms with Crippen LogP contribution in [-0.2, 0) is 6.18 Å². The summed E-state index contributed by atoms with van der Waals surface area (Å²) in [5.41, 5.74) is 3.90. The van der Waals surface area contributed by atoms with E-state index in [4.69, 9.17) is 5.73 Å². The van der Waals surface area contributed by atoms with Crippen LogP contribution in [0.3, 0.4) is 0 Å². The Kier molecular flexibility index (Phi) is 6.76. The number of nitrogens with two attached hydrogens (primary N) is 1. The first-order chi connectivity index (χ1) is 8.29. The first-order valence-corrected chi connectivity index (χ1v) is 5.58. The molecule has 0 fully saturated rings. The molecule has 0 heterocycles. The lowest BCUT2D eigenvalue weighted by molar-refractivity contribution is -0.140. The molecule has 7 heteroatoms. The summed E-state index contributed by atoms with van der Waals surface area (Å²) in [6, 6.07) is 1.73. The maximum absolute atomic E-state index is 13.7. The Balaban J connectivity index is 0.00000324. The summed E-state index contributed by atoms with van der Waals surface area (Å²) in [5, 5.41) is 9.62. The third kappa shape index (κ3) is 4.33. The minimum absolute atomic E-state index is 0. The van der Waals surface area contributed by atoms with Crippen molar-refractivity contribution in [3.63, 3.8) is 0 Å². The molecule has 0 saturated heterocycles. The molecule has 0 amide bonds. The summed E-state index contributed by atoms with van der Waals surface area (Å²) in [6.45, 7) is 1.79. The lowest BCUT2D eigenvalue weighted by atomic mass is 9.96. The van der Waals surface area contributed by atoms with E-state index in [0.29, 0.717) is 18.9 Å². The van der Waals surface area contributed by atoms with Crippen LogP contribution in [0.4, 0.5) is 17.6 Å². The molecule has 19 heavy (non-hydrogen) atoms. The first kappa shape index (κ1) is 18.1. The maximum Gasteiger partial charge on any atom is 0.419 e.